The lowest BCUT2D eigenvalue weighted by molar-refractivity contribution is -0.122. The molecule has 1 amide bonds. The van der Waals surface area contributed by atoms with Gasteiger partial charge in [-0.25, -0.2) is 0 Å². The molecule has 2 heterocycles. The minimum absolute atomic E-state index is 0.235. The van der Waals surface area contributed by atoms with Crippen LogP contribution in [0.4, 0.5) is 0 Å². The van der Waals surface area contributed by atoms with Crippen LogP contribution in [0.3, 0.4) is 0 Å². The third-order valence-electron chi connectivity index (χ3n) is 3.42. The van der Waals surface area contributed by atoms with Crippen LogP contribution < -0.4 is 10.6 Å². The third-order valence-corrected chi connectivity index (χ3v) is 3.42. The molecular weight excluding hydrogens is 176 g/mol. The van der Waals surface area contributed by atoms with E-state index in [4.69, 9.17) is 0 Å². The zero-order chi connectivity index (χ0) is 9.97. The van der Waals surface area contributed by atoms with Crippen LogP contribution in [0.25, 0.3) is 0 Å². The highest BCUT2D eigenvalue weighted by atomic mass is 16.1. The minimum atomic E-state index is 0.235. The molecule has 0 saturated carbocycles. The number of carbonyl (C=O) groups is 1. The van der Waals surface area contributed by atoms with E-state index in [1.165, 1.54) is 25.7 Å². The highest BCUT2D eigenvalue weighted by molar-refractivity contribution is 5.76. The summed E-state index contributed by atoms with van der Waals surface area (Å²) in [5.74, 6) is 0.860. The van der Waals surface area contributed by atoms with Gasteiger partial charge in [-0.15, -0.1) is 0 Å². The van der Waals surface area contributed by atoms with Gasteiger partial charge in [-0.1, -0.05) is 0 Å². The quantitative estimate of drug-likeness (QED) is 0.708. The van der Waals surface area contributed by atoms with Gasteiger partial charge in [0.1, 0.15) is 0 Å². The number of fused-ring (bicyclic) bond motifs is 2. The summed E-state index contributed by atoms with van der Waals surface area (Å²) >= 11 is 0. The molecular formula is C11H20N2O. The molecule has 0 aromatic carbocycles. The fraction of sp³-hybridized carbons (Fsp3) is 0.909. The molecule has 2 fully saturated rings. The number of hydrogen-bond donors (Lipinski definition) is 2. The average molecular weight is 196 g/mol. The molecule has 2 N–H and O–H groups in total. The summed E-state index contributed by atoms with van der Waals surface area (Å²) in [6.07, 6.45) is 5.77. The van der Waals surface area contributed by atoms with Crippen molar-refractivity contribution in [1.29, 1.82) is 0 Å². The largest absolute Gasteiger partial charge is 0.356 e. The number of carbonyl (C=O) groups excluding carboxylic acids is 1. The topological polar surface area (TPSA) is 41.1 Å². The van der Waals surface area contributed by atoms with Crippen molar-refractivity contribution in [2.45, 2.75) is 51.1 Å². The average Bonchev–Trinajstić information content (AvgIpc) is 2.46. The molecule has 2 atom stereocenters. The Labute approximate surface area is 85.6 Å². The summed E-state index contributed by atoms with van der Waals surface area (Å²) in [5.41, 5.74) is 0. The van der Waals surface area contributed by atoms with Crippen molar-refractivity contribution in [2.24, 2.45) is 5.92 Å². The Hall–Kier alpha value is -0.570. The first-order chi connectivity index (χ1) is 6.78. The van der Waals surface area contributed by atoms with Gasteiger partial charge in [0.25, 0.3) is 0 Å². The Morgan fingerprint density at radius 1 is 1.36 bits per heavy atom. The molecule has 3 nitrogen and oxygen atoms in total. The van der Waals surface area contributed by atoms with E-state index in [-0.39, 0.29) is 5.91 Å². The van der Waals surface area contributed by atoms with Crippen molar-refractivity contribution < 1.29 is 4.79 Å². The van der Waals surface area contributed by atoms with Crippen LogP contribution in [0.1, 0.15) is 39.0 Å². The predicted octanol–water partition coefficient (Wildman–Crippen LogP) is 1.04. The van der Waals surface area contributed by atoms with Crippen LogP contribution in [-0.4, -0.2) is 24.5 Å². The summed E-state index contributed by atoms with van der Waals surface area (Å²) in [7, 11) is 0. The van der Waals surface area contributed by atoms with Crippen LogP contribution in [0.15, 0.2) is 0 Å². The van der Waals surface area contributed by atoms with Gasteiger partial charge in [0.2, 0.25) is 5.91 Å². The molecule has 0 aromatic heterocycles. The highest BCUT2D eigenvalue weighted by Gasteiger charge is 2.33. The van der Waals surface area contributed by atoms with E-state index in [1.54, 1.807) is 0 Å². The highest BCUT2D eigenvalue weighted by Crippen LogP contribution is 2.32. The molecule has 2 bridgehead atoms. The molecule has 14 heavy (non-hydrogen) atoms. The molecule has 3 heteroatoms. The Bertz CT molecular complexity index is 205. The molecule has 2 aliphatic rings. The van der Waals surface area contributed by atoms with Crippen molar-refractivity contribution in [3.05, 3.63) is 0 Å². The summed E-state index contributed by atoms with van der Waals surface area (Å²) < 4.78 is 0. The van der Waals surface area contributed by atoms with E-state index >= 15 is 0 Å². The number of nitrogens with one attached hydrogen (secondary N) is 2. The van der Waals surface area contributed by atoms with E-state index in [1.807, 2.05) is 6.92 Å². The summed E-state index contributed by atoms with van der Waals surface area (Å²) in [5, 5.41) is 6.48. The van der Waals surface area contributed by atoms with E-state index in [0.717, 1.165) is 13.0 Å². The summed E-state index contributed by atoms with van der Waals surface area (Å²) in [6.45, 7) is 2.74. The molecule has 2 unspecified atom stereocenters. The maximum Gasteiger partial charge on any atom is 0.220 e. The fourth-order valence-electron chi connectivity index (χ4n) is 2.87. The smallest absolute Gasteiger partial charge is 0.220 e. The Morgan fingerprint density at radius 2 is 2.00 bits per heavy atom. The van der Waals surface area contributed by atoms with E-state index in [0.29, 0.717) is 18.0 Å². The monoisotopic (exact) mass is 196 g/mol. The molecule has 0 radical (unpaired) electrons. The maximum absolute atomic E-state index is 11.4. The molecule has 80 valence electrons. The third kappa shape index (κ3) is 2.27. The van der Waals surface area contributed by atoms with Crippen molar-refractivity contribution in [3.8, 4) is 0 Å². The second-order valence-corrected chi connectivity index (χ2v) is 4.63. The van der Waals surface area contributed by atoms with Crippen LogP contribution in [0.5, 0.6) is 0 Å². The number of rotatable bonds is 3. The van der Waals surface area contributed by atoms with E-state index < -0.39 is 0 Å². The molecule has 2 rings (SSSR count). The van der Waals surface area contributed by atoms with Crippen molar-refractivity contribution in [3.63, 3.8) is 0 Å². The van der Waals surface area contributed by atoms with E-state index in [9.17, 15) is 4.79 Å². The van der Waals surface area contributed by atoms with Gasteiger partial charge in [-0.05, 0) is 38.5 Å². The zero-order valence-corrected chi connectivity index (χ0v) is 8.88. The van der Waals surface area contributed by atoms with Gasteiger partial charge in [-0.2, -0.15) is 0 Å². The second-order valence-electron chi connectivity index (χ2n) is 4.63. The molecule has 2 saturated heterocycles. The molecule has 2 aliphatic heterocycles. The van der Waals surface area contributed by atoms with Gasteiger partial charge in [0.15, 0.2) is 0 Å². The summed E-state index contributed by atoms with van der Waals surface area (Å²) in [6, 6.07) is 1.40. The van der Waals surface area contributed by atoms with E-state index in [2.05, 4.69) is 10.6 Å². The van der Waals surface area contributed by atoms with Crippen LogP contribution in [-0.2, 0) is 4.79 Å². The van der Waals surface area contributed by atoms with Crippen LogP contribution in [0.2, 0.25) is 0 Å². The molecule has 0 spiro atoms. The Morgan fingerprint density at radius 3 is 2.57 bits per heavy atom. The Kier molecular flexibility index (Phi) is 3.06. The first-order valence-corrected chi connectivity index (χ1v) is 5.80. The standard InChI is InChI=1S/C11H20N2O/c1-2-12-11(14)7-8-5-9-3-4-10(6-8)13-9/h8-10,13H,2-7H2,1H3,(H,12,14). The number of amides is 1. The lowest BCUT2D eigenvalue weighted by Gasteiger charge is -2.28. The van der Waals surface area contributed by atoms with Crippen molar-refractivity contribution in [1.82, 2.24) is 10.6 Å². The van der Waals surface area contributed by atoms with Crippen molar-refractivity contribution >= 4 is 5.91 Å². The van der Waals surface area contributed by atoms with Crippen molar-refractivity contribution in [2.75, 3.05) is 6.54 Å². The van der Waals surface area contributed by atoms with Crippen LogP contribution >= 0.6 is 0 Å². The van der Waals surface area contributed by atoms with Crippen LogP contribution in [0, 0.1) is 5.92 Å². The normalized spacial score (nSPS) is 35.6. The summed E-state index contributed by atoms with van der Waals surface area (Å²) in [4.78, 5) is 11.4. The number of hydrogen-bond acceptors (Lipinski definition) is 2. The van der Waals surface area contributed by atoms with Gasteiger partial charge >= 0.3 is 0 Å². The van der Waals surface area contributed by atoms with Gasteiger partial charge < -0.3 is 10.6 Å². The molecule has 0 aliphatic carbocycles. The van der Waals surface area contributed by atoms with Gasteiger partial charge in [0, 0.05) is 25.0 Å². The lowest BCUT2D eigenvalue weighted by atomic mass is 9.89. The first kappa shape index (κ1) is 9.97. The SMILES string of the molecule is CCNC(=O)CC1CC2CCC(C1)N2. The first-order valence-electron chi connectivity index (χ1n) is 5.80. The number of piperidine rings is 1. The van der Waals surface area contributed by atoms with Gasteiger partial charge in [0.05, 0.1) is 0 Å². The predicted molar refractivity (Wildman–Crippen MR) is 56.0 cm³/mol. The maximum atomic E-state index is 11.4. The molecule has 0 aromatic rings. The Balaban J connectivity index is 1.79. The zero-order valence-electron chi connectivity index (χ0n) is 8.88. The second kappa shape index (κ2) is 4.30. The minimum Gasteiger partial charge on any atom is -0.356 e. The van der Waals surface area contributed by atoms with Gasteiger partial charge in [-0.3, -0.25) is 4.79 Å². The lowest BCUT2D eigenvalue weighted by Crippen LogP contribution is -2.39. The fourth-order valence-corrected chi connectivity index (χ4v) is 2.87.